The molecule has 0 rings (SSSR count). The largest absolute Gasteiger partial charge is 0.462 e. The molecule has 316 valence electrons. The van der Waals surface area contributed by atoms with Gasteiger partial charge in [-0.2, -0.15) is 0 Å². The summed E-state index contributed by atoms with van der Waals surface area (Å²) in [7, 11) is 0. The molecule has 0 bridgehead atoms. The molecule has 0 aliphatic carbocycles. The minimum atomic E-state index is -0.796. The van der Waals surface area contributed by atoms with E-state index in [1.54, 1.807) is 0 Å². The van der Waals surface area contributed by atoms with Crippen LogP contribution in [-0.4, -0.2) is 46.9 Å². The molecular weight excluding hydrogens is 671 g/mol. The molecule has 0 saturated heterocycles. The van der Waals surface area contributed by atoms with Crippen LogP contribution in [0.2, 0.25) is 0 Å². The van der Waals surface area contributed by atoms with Crippen molar-refractivity contribution in [2.75, 3.05) is 6.61 Å². The van der Waals surface area contributed by atoms with Gasteiger partial charge in [0.25, 0.3) is 0 Å². The van der Waals surface area contributed by atoms with Gasteiger partial charge in [-0.1, -0.05) is 192 Å². The predicted octanol–water partition coefficient (Wildman–Crippen LogP) is 13.3. The topological polar surface area (TPSA) is 95.9 Å². The van der Waals surface area contributed by atoms with Crippen LogP contribution in [0.15, 0.2) is 36.5 Å². The second-order valence-corrected chi connectivity index (χ2v) is 15.8. The van der Waals surface area contributed by atoms with Crippen molar-refractivity contribution in [3.63, 3.8) is 0 Å². The Morgan fingerprint density at radius 3 is 1.52 bits per heavy atom. The Bertz CT molecular complexity index is 900. The number of carbonyl (C=O) groups is 2. The van der Waals surface area contributed by atoms with E-state index in [2.05, 4.69) is 62.5 Å². The molecule has 6 heteroatoms. The Morgan fingerprint density at radius 1 is 0.537 bits per heavy atom. The molecule has 54 heavy (non-hydrogen) atoms. The van der Waals surface area contributed by atoms with Crippen LogP contribution in [0, 0.1) is 0 Å². The summed E-state index contributed by atoms with van der Waals surface area (Å²) in [5, 5.41) is 23.6. The van der Waals surface area contributed by atoms with Crippen LogP contribution in [0.3, 0.4) is 0 Å². The van der Waals surface area contributed by atoms with E-state index in [9.17, 15) is 19.8 Å². The van der Waals surface area contributed by atoms with Gasteiger partial charge in [-0.05, 0) is 64.2 Å². The molecule has 0 aliphatic heterocycles. The Balaban J connectivity index is 4.69. The summed E-state index contributed by atoms with van der Waals surface area (Å²) in [4.78, 5) is 25.9. The van der Waals surface area contributed by atoms with Crippen LogP contribution in [0.25, 0.3) is 0 Å². The van der Waals surface area contributed by atoms with E-state index in [0.29, 0.717) is 19.3 Å². The lowest BCUT2D eigenvalue weighted by atomic mass is 10.0. The van der Waals surface area contributed by atoms with E-state index in [1.165, 1.54) is 122 Å². The molecule has 3 atom stereocenters. The first-order valence-electron chi connectivity index (χ1n) is 23.2. The van der Waals surface area contributed by atoms with Crippen LogP contribution >= 0.6 is 0 Å². The fourth-order valence-corrected chi connectivity index (χ4v) is 6.88. The third-order valence-electron chi connectivity index (χ3n) is 10.5. The molecule has 0 aromatic carbocycles. The van der Waals surface area contributed by atoms with Crippen molar-refractivity contribution in [2.24, 2.45) is 0 Å². The van der Waals surface area contributed by atoms with Crippen molar-refractivity contribution < 1.29 is 24.5 Å². The van der Waals surface area contributed by atoms with Crippen molar-refractivity contribution >= 4 is 11.9 Å². The maximum Gasteiger partial charge on any atom is 0.306 e. The number of hydrogen-bond acceptors (Lipinski definition) is 5. The number of allylic oxidation sites excluding steroid dienone is 6. The van der Waals surface area contributed by atoms with Gasteiger partial charge in [-0.15, -0.1) is 0 Å². The SMILES string of the molecule is CCCC/C=C\CCCCCCCC(=O)OC(CCC/C=C/C=C/CCCCCCCCC)CC(=O)NC(CO)C(O)CCCCCCCCCCCC. The van der Waals surface area contributed by atoms with E-state index < -0.39 is 18.2 Å². The first kappa shape index (κ1) is 52.1. The van der Waals surface area contributed by atoms with Crippen LogP contribution in [0.5, 0.6) is 0 Å². The number of amides is 1. The summed E-state index contributed by atoms with van der Waals surface area (Å²) in [5.41, 5.74) is 0. The summed E-state index contributed by atoms with van der Waals surface area (Å²) in [6, 6.07) is -0.713. The average molecular weight is 760 g/mol. The monoisotopic (exact) mass is 760 g/mol. The molecule has 0 fully saturated rings. The molecule has 0 radical (unpaired) electrons. The van der Waals surface area contributed by atoms with Gasteiger partial charge in [0.2, 0.25) is 5.91 Å². The Morgan fingerprint density at radius 2 is 0.981 bits per heavy atom. The molecule has 0 heterocycles. The standard InChI is InChI=1S/C48H89NO5/c1-4-7-10-13-16-19-22-23-24-26-27-30-33-36-39-44(54-48(53)41-38-35-32-29-25-20-17-14-11-8-5-2)42-47(52)49-45(43-50)46(51)40-37-34-31-28-21-18-15-12-9-6-3/h14,17,24,26-27,30,44-46,50-51H,4-13,15-16,18-23,25,28-29,31-43H2,1-3H3,(H,49,52)/b17-14-,26-24+,30-27+. The van der Waals surface area contributed by atoms with Crippen molar-refractivity contribution in [1.82, 2.24) is 5.32 Å². The molecule has 3 unspecified atom stereocenters. The average Bonchev–Trinajstić information content (AvgIpc) is 3.16. The van der Waals surface area contributed by atoms with Crippen LogP contribution < -0.4 is 5.32 Å². The molecule has 6 nitrogen and oxygen atoms in total. The quantitative estimate of drug-likeness (QED) is 0.0250. The fourth-order valence-electron chi connectivity index (χ4n) is 6.88. The first-order valence-corrected chi connectivity index (χ1v) is 23.2. The van der Waals surface area contributed by atoms with Gasteiger partial charge in [0, 0.05) is 6.42 Å². The fraction of sp³-hybridized carbons (Fsp3) is 0.833. The molecule has 3 N–H and O–H groups in total. The number of aliphatic hydroxyl groups is 2. The zero-order chi connectivity index (χ0) is 39.6. The third kappa shape index (κ3) is 37.0. The lowest BCUT2D eigenvalue weighted by Gasteiger charge is -2.24. The number of carbonyl (C=O) groups excluding carboxylic acids is 2. The van der Waals surface area contributed by atoms with Gasteiger partial charge in [0.05, 0.1) is 25.2 Å². The highest BCUT2D eigenvalue weighted by molar-refractivity contribution is 5.77. The molecule has 1 amide bonds. The van der Waals surface area contributed by atoms with E-state index in [1.807, 2.05) is 0 Å². The second kappa shape index (κ2) is 42.2. The lowest BCUT2D eigenvalue weighted by molar-refractivity contribution is -0.151. The Kier molecular flexibility index (Phi) is 40.7. The zero-order valence-corrected chi connectivity index (χ0v) is 35.9. The van der Waals surface area contributed by atoms with Crippen LogP contribution in [-0.2, 0) is 14.3 Å². The molecule has 0 aromatic rings. The normalized spacial score (nSPS) is 13.6. The highest BCUT2D eigenvalue weighted by Crippen LogP contribution is 2.16. The number of unbranched alkanes of at least 4 members (excludes halogenated alkanes) is 24. The van der Waals surface area contributed by atoms with E-state index in [4.69, 9.17) is 4.74 Å². The maximum atomic E-state index is 13.1. The molecular formula is C48H89NO5. The Hall–Kier alpha value is -1.92. The lowest BCUT2D eigenvalue weighted by Crippen LogP contribution is -2.46. The Labute approximate surface area is 334 Å². The van der Waals surface area contributed by atoms with E-state index in [-0.39, 0.29) is 24.9 Å². The van der Waals surface area contributed by atoms with E-state index in [0.717, 1.165) is 64.2 Å². The second-order valence-electron chi connectivity index (χ2n) is 15.8. The number of esters is 1. The third-order valence-corrected chi connectivity index (χ3v) is 10.5. The van der Waals surface area contributed by atoms with Crippen molar-refractivity contribution in [3.05, 3.63) is 36.5 Å². The minimum Gasteiger partial charge on any atom is -0.462 e. The van der Waals surface area contributed by atoms with Crippen LogP contribution in [0.4, 0.5) is 0 Å². The number of nitrogens with one attached hydrogen (secondary N) is 1. The summed E-state index contributed by atoms with van der Waals surface area (Å²) < 4.78 is 5.87. The van der Waals surface area contributed by atoms with Crippen LogP contribution in [0.1, 0.15) is 233 Å². The highest BCUT2D eigenvalue weighted by atomic mass is 16.5. The van der Waals surface area contributed by atoms with Gasteiger partial charge in [0.15, 0.2) is 0 Å². The van der Waals surface area contributed by atoms with Gasteiger partial charge < -0.3 is 20.3 Å². The summed E-state index contributed by atoms with van der Waals surface area (Å²) in [6.07, 6.45) is 47.8. The molecule has 0 aromatic heterocycles. The molecule has 0 saturated carbocycles. The van der Waals surface area contributed by atoms with Crippen molar-refractivity contribution in [3.8, 4) is 0 Å². The van der Waals surface area contributed by atoms with Crippen molar-refractivity contribution in [2.45, 2.75) is 251 Å². The summed E-state index contributed by atoms with van der Waals surface area (Å²) in [5.74, 6) is -0.531. The number of ether oxygens (including phenoxy) is 1. The number of rotatable bonds is 41. The number of hydrogen-bond donors (Lipinski definition) is 3. The zero-order valence-electron chi connectivity index (χ0n) is 35.9. The number of aliphatic hydroxyl groups excluding tert-OH is 2. The smallest absolute Gasteiger partial charge is 0.306 e. The maximum absolute atomic E-state index is 13.1. The van der Waals surface area contributed by atoms with E-state index >= 15 is 0 Å². The van der Waals surface area contributed by atoms with Gasteiger partial charge in [-0.3, -0.25) is 9.59 Å². The highest BCUT2D eigenvalue weighted by Gasteiger charge is 2.24. The summed E-state index contributed by atoms with van der Waals surface area (Å²) >= 11 is 0. The molecule has 0 spiro atoms. The van der Waals surface area contributed by atoms with Crippen molar-refractivity contribution in [1.29, 1.82) is 0 Å². The van der Waals surface area contributed by atoms with Gasteiger partial charge >= 0.3 is 5.97 Å². The summed E-state index contributed by atoms with van der Waals surface area (Å²) in [6.45, 7) is 6.40. The van der Waals surface area contributed by atoms with Gasteiger partial charge in [0.1, 0.15) is 6.10 Å². The van der Waals surface area contributed by atoms with Gasteiger partial charge in [-0.25, -0.2) is 0 Å². The molecule has 0 aliphatic rings. The predicted molar refractivity (Wildman–Crippen MR) is 232 cm³/mol. The minimum absolute atomic E-state index is 0.0427. The first-order chi connectivity index (χ1) is 26.5.